The van der Waals surface area contributed by atoms with Gasteiger partial charge in [0.1, 0.15) is 0 Å². The van der Waals surface area contributed by atoms with E-state index in [9.17, 15) is 0 Å². The Labute approximate surface area is 71.2 Å². The Balaban J connectivity index is 2.54. The molecule has 0 aromatic rings. The van der Waals surface area contributed by atoms with Crippen LogP contribution in [0.2, 0.25) is 0 Å². The maximum absolute atomic E-state index is 6.07. The van der Waals surface area contributed by atoms with Gasteiger partial charge in [0.25, 0.3) is 0 Å². The monoisotopic (exact) mass is 171 g/mol. The maximum Gasteiger partial charge on any atom is 0.0323 e. The number of hydrogen-bond acceptors (Lipinski definition) is 1. The predicted molar refractivity (Wildman–Crippen MR) is 53.5 cm³/mol. The summed E-state index contributed by atoms with van der Waals surface area (Å²) in [4.78, 5) is 0. The molecule has 0 heterocycles. The zero-order valence-corrected chi connectivity index (χ0v) is 8.40. The van der Waals surface area contributed by atoms with Gasteiger partial charge in [-0.2, -0.15) is 0 Å². The van der Waals surface area contributed by atoms with E-state index in [1.54, 1.807) is 0 Å². The van der Waals surface area contributed by atoms with E-state index in [0.29, 0.717) is 11.5 Å². The molecule has 0 aromatic carbocycles. The smallest absolute Gasteiger partial charge is 0.0323 e. The standard InChI is InChI=1S/C9H18NP/c1-3-9(5-4-6-9)8(10)7-11-2/h7-8H,3-6,10H2,1-2H3/t8-/m1/s1. The van der Waals surface area contributed by atoms with Crippen LogP contribution in [0.15, 0.2) is 0 Å². The van der Waals surface area contributed by atoms with Gasteiger partial charge in [-0.1, -0.05) is 13.3 Å². The molecule has 0 saturated heterocycles. The quantitative estimate of drug-likeness (QED) is 0.648. The van der Waals surface area contributed by atoms with Gasteiger partial charge in [-0.05, 0) is 37.1 Å². The minimum absolute atomic E-state index is 0.341. The molecule has 0 bridgehead atoms. The molecule has 1 rings (SSSR count). The van der Waals surface area contributed by atoms with Crippen LogP contribution in [0.5, 0.6) is 0 Å². The summed E-state index contributed by atoms with van der Waals surface area (Å²) < 4.78 is 0. The summed E-state index contributed by atoms with van der Waals surface area (Å²) >= 11 is 0. The predicted octanol–water partition coefficient (Wildman–Crippen LogP) is 2.27. The van der Waals surface area contributed by atoms with Crippen molar-refractivity contribution in [2.45, 2.75) is 38.6 Å². The van der Waals surface area contributed by atoms with Gasteiger partial charge >= 0.3 is 0 Å². The van der Waals surface area contributed by atoms with E-state index in [4.69, 9.17) is 5.73 Å². The van der Waals surface area contributed by atoms with Gasteiger partial charge in [0.2, 0.25) is 0 Å². The number of hydrogen-bond donors (Lipinski definition) is 1. The topological polar surface area (TPSA) is 26.0 Å². The van der Waals surface area contributed by atoms with E-state index in [2.05, 4.69) is 19.4 Å². The van der Waals surface area contributed by atoms with Crippen LogP contribution in [0.25, 0.3) is 0 Å². The average molecular weight is 171 g/mol. The second kappa shape index (κ2) is 3.69. The molecule has 2 N–H and O–H groups in total. The van der Waals surface area contributed by atoms with Crippen LogP contribution in [-0.2, 0) is 0 Å². The molecule has 0 aliphatic heterocycles. The molecule has 64 valence electrons. The first-order valence-corrected chi connectivity index (χ1v) is 5.84. The zero-order valence-electron chi connectivity index (χ0n) is 7.51. The highest BCUT2D eigenvalue weighted by Gasteiger charge is 2.39. The van der Waals surface area contributed by atoms with E-state index < -0.39 is 0 Å². The van der Waals surface area contributed by atoms with Crippen LogP contribution in [-0.4, -0.2) is 18.5 Å². The van der Waals surface area contributed by atoms with Crippen LogP contribution in [0.1, 0.15) is 32.6 Å². The highest BCUT2D eigenvalue weighted by atomic mass is 31.1. The Hall–Kier alpha value is 0.130. The van der Waals surface area contributed by atoms with Crippen LogP contribution in [0, 0.1) is 5.41 Å². The molecule has 1 saturated carbocycles. The fourth-order valence-electron chi connectivity index (χ4n) is 1.87. The normalized spacial score (nSPS) is 25.0. The molecular formula is C9H18NP. The Morgan fingerprint density at radius 1 is 1.64 bits per heavy atom. The summed E-state index contributed by atoms with van der Waals surface area (Å²) in [5.41, 5.74) is 6.56. The minimum Gasteiger partial charge on any atom is -0.324 e. The summed E-state index contributed by atoms with van der Waals surface area (Å²) in [5.74, 6) is 2.24. The molecular weight excluding hydrogens is 153 g/mol. The van der Waals surface area contributed by atoms with Crippen molar-refractivity contribution in [3.63, 3.8) is 0 Å². The van der Waals surface area contributed by atoms with Crippen molar-refractivity contribution in [1.82, 2.24) is 0 Å². The lowest BCUT2D eigenvalue weighted by atomic mass is 9.63. The van der Waals surface area contributed by atoms with Crippen molar-refractivity contribution in [3.05, 3.63) is 0 Å². The summed E-state index contributed by atoms with van der Waals surface area (Å²) in [7, 11) is 1.33. The summed E-state index contributed by atoms with van der Waals surface area (Å²) in [6, 6.07) is 0.341. The molecule has 11 heavy (non-hydrogen) atoms. The third-order valence-electron chi connectivity index (χ3n) is 3.07. The third-order valence-corrected chi connectivity index (χ3v) is 3.69. The lowest BCUT2D eigenvalue weighted by molar-refractivity contribution is 0.118. The van der Waals surface area contributed by atoms with Crippen molar-refractivity contribution in [2.75, 3.05) is 6.66 Å². The van der Waals surface area contributed by atoms with E-state index in [1.165, 1.54) is 33.9 Å². The van der Waals surface area contributed by atoms with Gasteiger partial charge in [-0.3, -0.25) is 0 Å². The molecule has 1 fully saturated rings. The second-order valence-electron chi connectivity index (χ2n) is 3.50. The van der Waals surface area contributed by atoms with E-state index in [1.807, 2.05) is 0 Å². The molecule has 0 unspecified atom stereocenters. The van der Waals surface area contributed by atoms with Gasteiger partial charge in [0.05, 0.1) is 0 Å². The fourth-order valence-corrected chi connectivity index (χ4v) is 2.51. The maximum atomic E-state index is 6.07. The van der Waals surface area contributed by atoms with Crippen LogP contribution in [0.3, 0.4) is 0 Å². The van der Waals surface area contributed by atoms with Gasteiger partial charge in [0.15, 0.2) is 0 Å². The molecule has 1 aliphatic rings. The van der Waals surface area contributed by atoms with Crippen molar-refractivity contribution in [3.8, 4) is 0 Å². The molecule has 0 amide bonds. The molecule has 2 heteroatoms. The zero-order chi connectivity index (χ0) is 8.32. The Morgan fingerprint density at radius 3 is 2.55 bits per heavy atom. The van der Waals surface area contributed by atoms with Gasteiger partial charge < -0.3 is 5.73 Å². The highest BCUT2D eigenvalue weighted by Crippen LogP contribution is 2.45. The fraction of sp³-hybridized carbons (Fsp3) is 0.889. The Kier molecular flexibility index (Phi) is 3.09. The Morgan fingerprint density at radius 2 is 2.27 bits per heavy atom. The molecule has 0 radical (unpaired) electrons. The first-order chi connectivity index (χ1) is 5.25. The molecule has 0 spiro atoms. The van der Waals surface area contributed by atoms with Gasteiger partial charge in [-0.25, -0.2) is 0 Å². The summed E-state index contributed by atoms with van der Waals surface area (Å²) in [5, 5.41) is 0. The van der Waals surface area contributed by atoms with Crippen molar-refractivity contribution >= 4 is 14.0 Å². The van der Waals surface area contributed by atoms with E-state index in [-0.39, 0.29) is 0 Å². The lowest BCUT2D eigenvalue weighted by Gasteiger charge is -2.44. The van der Waals surface area contributed by atoms with Crippen LogP contribution in [0.4, 0.5) is 0 Å². The Bertz CT molecular complexity index is 144. The molecule has 1 aliphatic carbocycles. The molecule has 1 nitrogen and oxygen atoms in total. The van der Waals surface area contributed by atoms with Crippen LogP contribution < -0.4 is 5.73 Å². The number of nitrogens with two attached hydrogens (primary N) is 1. The van der Waals surface area contributed by atoms with Crippen molar-refractivity contribution < 1.29 is 0 Å². The second-order valence-corrected chi connectivity index (χ2v) is 4.32. The third kappa shape index (κ3) is 1.65. The first kappa shape index (κ1) is 9.22. The van der Waals surface area contributed by atoms with E-state index >= 15 is 0 Å². The molecule has 0 aromatic heterocycles. The van der Waals surface area contributed by atoms with Crippen molar-refractivity contribution in [2.24, 2.45) is 11.1 Å². The highest BCUT2D eigenvalue weighted by molar-refractivity contribution is 7.37. The summed E-state index contributed by atoms with van der Waals surface area (Å²) in [6.45, 7) is 4.40. The average Bonchev–Trinajstić information content (AvgIpc) is 1.87. The van der Waals surface area contributed by atoms with Crippen molar-refractivity contribution in [1.29, 1.82) is 0 Å². The first-order valence-electron chi connectivity index (χ1n) is 4.43. The summed E-state index contributed by atoms with van der Waals surface area (Å²) in [6.07, 6.45) is 5.32. The van der Waals surface area contributed by atoms with Crippen LogP contribution >= 0.6 is 8.20 Å². The molecule has 1 atom stereocenters. The van der Waals surface area contributed by atoms with Gasteiger partial charge in [-0.15, -0.1) is 8.20 Å². The van der Waals surface area contributed by atoms with Gasteiger partial charge in [0, 0.05) is 6.04 Å². The lowest BCUT2D eigenvalue weighted by Crippen LogP contribution is -2.46. The largest absolute Gasteiger partial charge is 0.324 e. The SMILES string of the molecule is CCC1([C@H](N)C=PC)CCC1. The minimum atomic E-state index is 0.341. The number of rotatable bonds is 3. The van der Waals surface area contributed by atoms with E-state index in [0.717, 1.165) is 0 Å².